The number of nitrogens with zero attached hydrogens (tertiary/aromatic N) is 2. The number of aromatic nitrogens is 1. The Hall–Kier alpha value is -2.99. The zero-order valence-corrected chi connectivity index (χ0v) is 15.9. The Balaban J connectivity index is 0.00000112. The molecule has 3 radical (unpaired) electrons. The topological polar surface area (TPSA) is 28.2 Å². The zero-order valence-electron chi connectivity index (χ0n) is 15.1. The Kier molecular flexibility index (Phi) is 5.90. The minimum Gasteiger partial charge on any atom is -0.360 e. The van der Waals surface area contributed by atoms with Crippen LogP contribution in [0.15, 0.2) is 90.0 Å². The second-order valence-electron chi connectivity index (χ2n) is 6.21. The summed E-state index contributed by atoms with van der Waals surface area (Å²) in [7, 11) is 0. The van der Waals surface area contributed by atoms with Crippen LogP contribution in [-0.2, 0) is 0 Å². The number of nitrogens with one attached hydrogen (secondary N) is 1. The first-order chi connectivity index (χ1) is 12.9. The molecule has 3 nitrogen and oxygen atoms in total. The quantitative estimate of drug-likeness (QED) is 0.611. The van der Waals surface area contributed by atoms with E-state index < -0.39 is 0 Å². The highest BCUT2D eigenvalue weighted by Crippen LogP contribution is 2.42. The molecule has 3 heterocycles. The number of thioether (sulfide) groups is 1. The van der Waals surface area contributed by atoms with Gasteiger partial charge in [0, 0.05) is 30.6 Å². The van der Waals surface area contributed by atoms with E-state index in [2.05, 4.69) is 64.8 Å². The summed E-state index contributed by atoms with van der Waals surface area (Å²) in [6.07, 6.45) is 9.96. The minimum absolute atomic E-state index is 0. The average molecular weight is 386 g/mol. The molecule has 3 aromatic rings. The monoisotopic (exact) mass is 386 g/mol. The first kappa shape index (κ1) is 19.8. The van der Waals surface area contributed by atoms with E-state index in [-0.39, 0.29) is 13.1 Å². The number of para-hydroxylation sites is 1. The molecule has 0 aliphatic carbocycles. The molecule has 0 unspecified atom stereocenters. The zero-order chi connectivity index (χ0) is 17.3. The van der Waals surface area contributed by atoms with Gasteiger partial charge >= 0.3 is 0 Å². The third-order valence-corrected chi connectivity index (χ3v) is 5.63. The number of anilines is 2. The summed E-state index contributed by atoms with van der Waals surface area (Å²) < 4.78 is 0. The summed E-state index contributed by atoms with van der Waals surface area (Å²) >= 11 is 1.88. The van der Waals surface area contributed by atoms with E-state index in [1.54, 1.807) is 0 Å². The van der Waals surface area contributed by atoms with Gasteiger partial charge in [-0.2, -0.15) is 0 Å². The van der Waals surface area contributed by atoms with Crippen LogP contribution in [0.5, 0.6) is 0 Å². The maximum absolute atomic E-state index is 4.83. The lowest BCUT2D eigenvalue weighted by molar-refractivity contribution is 1.11. The van der Waals surface area contributed by atoms with E-state index in [0.717, 1.165) is 28.2 Å². The highest BCUT2D eigenvalue weighted by molar-refractivity contribution is 7.99. The van der Waals surface area contributed by atoms with Gasteiger partial charge in [0.15, 0.2) is 0 Å². The Labute approximate surface area is 169 Å². The molecule has 2 aliphatic rings. The van der Waals surface area contributed by atoms with Crippen LogP contribution in [0.4, 0.5) is 16.1 Å². The lowest BCUT2D eigenvalue weighted by Crippen LogP contribution is -2.11. The molecular weight excluding hydrogens is 368 g/mol. The van der Waals surface area contributed by atoms with E-state index in [9.17, 15) is 0 Å². The number of hydrogen-bond acceptors (Lipinski definition) is 4. The van der Waals surface area contributed by atoms with Crippen LogP contribution in [0.25, 0.3) is 16.6 Å². The summed E-state index contributed by atoms with van der Waals surface area (Å²) in [4.78, 5) is 8.53. The SMILES string of the molecule is C1=CC=C(c2ccc3cc(N4CSc5ccccc54)ccc3n2)NC=C1.F.[B]. The molecular formula is C22H18BFN3S. The van der Waals surface area contributed by atoms with E-state index in [1.807, 2.05) is 42.3 Å². The van der Waals surface area contributed by atoms with Crippen molar-refractivity contribution in [2.45, 2.75) is 4.90 Å². The molecule has 137 valence electrons. The van der Waals surface area contributed by atoms with Crippen molar-refractivity contribution in [2.75, 3.05) is 10.8 Å². The number of benzene rings is 2. The Morgan fingerprint density at radius 2 is 1.86 bits per heavy atom. The number of fused-ring (bicyclic) bond motifs is 2. The molecule has 6 heteroatoms. The molecule has 0 spiro atoms. The fraction of sp³-hybridized carbons (Fsp3) is 0.0455. The maximum Gasteiger partial charge on any atom is 0.0872 e. The van der Waals surface area contributed by atoms with E-state index in [0.29, 0.717) is 0 Å². The molecule has 0 saturated heterocycles. The molecule has 0 saturated carbocycles. The number of hydrogen-bond donors (Lipinski definition) is 1. The second-order valence-corrected chi connectivity index (χ2v) is 7.20. The van der Waals surface area contributed by atoms with Crippen molar-refractivity contribution >= 4 is 48.1 Å². The van der Waals surface area contributed by atoms with Gasteiger partial charge < -0.3 is 10.2 Å². The van der Waals surface area contributed by atoms with Gasteiger partial charge in [-0.05, 0) is 48.6 Å². The molecule has 0 fully saturated rings. The van der Waals surface area contributed by atoms with Crippen molar-refractivity contribution in [1.82, 2.24) is 10.3 Å². The molecule has 2 aliphatic heterocycles. The largest absolute Gasteiger partial charge is 0.360 e. The maximum atomic E-state index is 4.83. The molecule has 28 heavy (non-hydrogen) atoms. The average Bonchev–Trinajstić information content (AvgIpc) is 2.93. The fourth-order valence-electron chi connectivity index (χ4n) is 3.27. The van der Waals surface area contributed by atoms with Crippen molar-refractivity contribution in [3.63, 3.8) is 0 Å². The third-order valence-electron chi connectivity index (χ3n) is 4.59. The highest BCUT2D eigenvalue weighted by atomic mass is 32.2. The molecule has 1 aromatic heterocycles. The number of rotatable bonds is 2. The van der Waals surface area contributed by atoms with E-state index in [4.69, 9.17) is 4.98 Å². The van der Waals surface area contributed by atoms with Gasteiger partial charge in [0.2, 0.25) is 0 Å². The standard InChI is InChI=1S/C22H17N3S.B.FH/c1-2-6-19(23-13-5-1)20-11-9-16-14-17(10-12-18(16)24-20)25-15-26-22-8-4-3-7-21(22)25;;/h1-14,23H,15H2;;1H. The van der Waals surface area contributed by atoms with E-state index in [1.165, 1.54) is 16.3 Å². The van der Waals surface area contributed by atoms with Gasteiger partial charge in [-0.3, -0.25) is 4.70 Å². The van der Waals surface area contributed by atoms with Crippen LogP contribution in [-0.4, -0.2) is 19.3 Å². The van der Waals surface area contributed by atoms with Gasteiger partial charge in [0.1, 0.15) is 0 Å². The van der Waals surface area contributed by atoms with Crippen molar-refractivity contribution in [3.8, 4) is 0 Å². The van der Waals surface area contributed by atoms with Gasteiger partial charge in [-0.1, -0.05) is 30.4 Å². The van der Waals surface area contributed by atoms with Crippen molar-refractivity contribution in [2.24, 2.45) is 0 Å². The Morgan fingerprint density at radius 1 is 0.964 bits per heavy atom. The summed E-state index contributed by atoms with van der Waals surface area (Å²) in [6.45, 7) is 0. The second kappa shape index (κ2) is 8.36. The molecule has 0 amide bonds. The molecule has 1 N–H and O–H groups in total. The number of allylic oxidation sites excluding steroid dienone is 4. The molecule has 0 bridgehead atoms. The summed E-state index contributed by atoms with van der Waals surface area (Å²) in [5, 5.41) is 4.43. The predicted molar refractivity (Wildman–Crippen MR) is 119 cm³/mol. The van der Waals surface area contributed by atoms with Gasteiger partial charge in [0.05, 0.1) is 28.5 Å². The van der Waals surface area contributed by atoms with Crippen LogP contribution >= 0.6 is 11.8 Å². The molecule has 5 rings (SSSR count). The van der Waals surface area contributed by atoms with Gasteiger partial charge in [-0.25, -0.2) is 4.98 Å². The Bertz CT molecular complexity index is 1090. The molecule has 0 atom stereocenters. The van der Waals surface area contributed by atoms with Crippen LogP contribution in [0.3, 0.4) is 0 Å². The highest BCUT2D eigenvalue weighted by Gasteiger charge is 2.20. The van der Waals surface area contributed by atoms with Gasteiger partial charge in [0.25, 0.3) is 0 Å². The number of halogens is 1. The van der Waals surface area contributed by atoms with Crippen molar-refractivity contribution in [1.29, 1.82) is 0 Å². The lowest BCUT2D eigenvalue weighted by Gasteiger charge is -2.19. The van der Waals surface area contributed by atoms with Crippen LogP contribution in [0, 0.1) is 0 Å². The van der Waals surface area contributed by atoms with Crippen molar-refractivity contribution in [3.05, 3.63) is 90.8 Å². The fourth-order valence-corrected chi connectivity index (χ4v) is 4.32. The number of pyridine rings is 1. The van der Waals surface area contributed by atoms with E-state index >= 15 is 0 Å². The molecule has 2 aromatic carbocycles. The Morgan fingerprint density at radius 3 is 2.79 bits per heavy atom. The summed E-state index contributed by atoms with van der Waals surface area (Å²) in [5.74, 6) is 0.950. The van der Waals surface area contributed by atoms with Crippen molar-refractivity contribution < 1.29 is 4.70 Å². The lowest BCUT2D eigenvalue weighted by atomic mass is 10.1. The van der Waals surface area contributed by atoms with Crippen LogP contribution in [0.1, 0.15) is 5.69 Å². The van der Waals surface area contributed by atoms with Crippen LogP contribution < -0.4 is 10.2 Å². The summed E-state index contributed by atoms with van der Waals surface area (Å²) in [6, 6.07) is 19.3. The van der Waals surface area contributed by atoms with Crippen LogP contribution in [0.2, 0.25) is 0 Å². The smallest absolute Gasteiger partial charge is 0.0872 e. The first-order valence-corrected chi connectivity index (χ1v) is 9.58. The third kappa shape index (κ3) is 3.55. The first-order valence-electron chi connectivity index (χ1n) is 8.59. The van der Waals surface area contributed by atoms with Gasteiger partial charge in [-0.15, -0.1) is 11.8 Å². The minimum atomic E-state index is 0. The normalized spacial score (nSPS) is 14.4. The summed E-state index contributed by atoms with van der Waals surface area (Å²) in [5.41, 5.74) is 5.45. The predicted octanol–water partition coefficient (Wildman–Crippen LogP) is 5.22.